The molecule has 2 atom stereocenters. The van der Waals surface area contributed by atoms with Crippen LogP contribution in [0.1, 0.15) is 19.5 Å². The number of rotatable bonds is 5. The van der Waals surface area contributed by atoms with Crippen molar-refractivity contribution in [3.8, 4) is 0 Å². The fourth-order valence-corrected chi connectivity index (χ4v) is 4.13. The molecule has 1 fully saturated rings. The second kappa shape index (κ2) is 7.71. The summed E-state index contributed by atoms with van der Waals surface area (Å²) in [4.78, 5) is 19.2. The van der Waals surface area contributed by atoms with Gasteiger partial charge in [0.05, 0.1) is 23.4 Å². The topological polar surface area (TPSA) is 85.2 Å². The van der Waals surface area contributed by atoms with E-state index in [0.717, 1.165) is 36.4 Å². The Morgan fingerprint density at radius 1 is 1.30 bits per heavy atom. The Hall–Kier alpha value is -2.36. The molecule has 8 nitrogen and oxygen atoms in total. The number of nitrogens with zero attached hydrogens (tertiary/aromatic N) is 5. The number of anilines is 1. The minimum atomic E-state index is -0.167. The Morgan fingerprint density at radius 2 is 2.07 bits per heavy atom. The van der Waals surface area contributed by atoms with Gasteiger partial charge in [0.15, 0.2) is 5.13 Å². The molecule has 1 aliphatic heterocycles. The van der Waals surface area contributed by atoms with Gasteiger partial charge in [0.25, 0.3) is 0 Å². The molecule has 27 heavy (non-hydrogen) atoms. The van der Waals surface area contributed by atoms with Crippen LogP contribution in [-0.4, -0.2) is 56.1 Å². The van der Waals surface area contributed by atoms with E-state index in [0.29, 0.717) is 5.13 Å². The molecule has 9 heteroatoms. The van der Waals surface area contributed by atoms with Crippen molar-refractivity contribution in [3.63, 3.8) is 0 Å². The number of nitrogens with one attached hydrogen (secondary N) is 1. The Kier molecular flexibility index (Phi) is 5.15. The molecule has 0 saturated carbocycles. The standard InChI is InChI=1S/C18H22N6O2S/c1-12-7-23(8-13(2)26-12)9-14-11-27-18(19-14)20-17(25)10-24-16-6-4-3-5-15(16)21-22-24/h3-6,11-13H,7-10H2,1-2H3,(H,19,20,25). The van der Waals surface area contributed by atoms with Crippen LogP contribution in [0.15, 0.2) is 29.6 Å². The minimum Gasteiger partial charge on any atom is -0.373 e. The first-order valence-corrected chi connectivity index (χ1v) is 9.85. The summed E-state index contributed by atoms with van der Waals surface area (Å²) < 4.78 is 7.36. The number of hydrogen-bond acceptors (Lipinski definition) is 7. The Balaban J connectivity index is 1.35. The number of thiazole rings is 1. The predicted molar refractivity (Wildman–Crippen MR) is 104 cm³/mol. The van der Waals surface area contributed by atoms with Crippen molar-refractivity contribution in [1.82, 2.24) is 24.9 Å². The Morgan fingerprint density at radius 3 is 2.89 bits per heavy atom. The van der Waals surface area contributed by atoms with E-state index in [-0.39, 0.29) is 24.7 Å². The molecular weight excluding hydrogens is 364 g/mol. The highest BCUT2D eigenvalue weighted by Gasteiger charge is 2.22. The third-order valence-corrected chi connectivity index (χ3v) is 5.20. The number of fused-ring (bicyclic) bond motifs is 1. The fourth-order valence-electron chi connectivity index (χ4n) is 3.41. The molecule has 1 aromatic carbocycles. The first-order chi connectivity index (χ1) is 13.1. The summed E-state index contributed by atoms with van der Waals surface area (Å²) in [6, 6.07) is 7.57. The smallest absolute Gasteiger partial charge is 0.247 e. The first kappa shape index (κ1) is 18.0. The van der Waals surface area contributed by atoms with Gasteiger partial charge in [-0.2, -0.15) is 0 Å². The van der Waals surface area contributed by atoms with Crippen LogP contribution in [0.5, 0.6) is 0 Å². The highest BCUT2D eigenvalue weighted by atomic mass is 32.1. The molecule has 1 aliphatic rings. The van der Waals surface area contributed by atoms with Gasteiger partial charge in [-0.05, 0) is 26.0 Å². The molecule has 1 amide bonds. The summed E-state index contributed by atoms with van der Waals surface area (Å²) in [5.74, 6) is -0.167. The van der Waals surface area contributed by atoms with Gasteiger partial charge in [0, 0.05) is 25.0 Å². The van der Waals surface area contributed by atoms with Crippen molar-refractivity contribution >= 4 is 33.4 Å². The van der Waals surface area contributed by atoms with E-state index < -0.39 is 0 Å². The SMILES string of the molecule is CC1CN(Cc2csc(NC(=O)Cn3nnc4ccccc43)n2)CC(C)O1. The number of benzene rings is 1. The summed E-state index contributed by atoms with van der Waals surface area (Å²) in [5, 5.41) is 13.6. The van der Waals surface area contributed by atoms with E-state index in [4.69, 9.17) is 4.74 Å². The second-order valence-electron chi connectivity index (χ2n) is 6.88. The molecule has 2 aromatic heterocycles. The minimum absolute atomic E-state index is 0.105. The van der Waals surface area contributed by atoms with E-state index in [1.165, 1.54) is 11.3 Å². The number of carbonyl (C=O) groups is 1. The van der Waals surface area contributed by atoms with Crippen molar-refractivity contribution in [2.75, 3.05) is 18.4 Å². The average molecular weight is 386 g/mol. The van der Waals surface area contributed by atoms with Gasteiger partial charge in [-0.3, -0.25) is 9.69 Å². The second-order valence-corrected chi connectivity index (χ2v) is 7.74. The van der Waals surface area contributed by atoms with Crippen LogP contribution >= 0.6 is 11.3 Å². The number of para-hydroxylation sites is 1. The van der Waals surface area contributed by atoms with Gasteiger partial charge in [0.2, 0.25) is 5.91 Å². The largest absolute Gasteiger partial charge is 0.373 e. The summed E-state index contributed by atoms with van der Waals surface area (Å²) in [7, 11) is 0. The quantitative estimate of drug-likeness (QED) is 0.723. The molecule has 2 unspecified atom stereocenters. The lowest BCUT2D eigenvalue weighted by Gasteiger charge is -2.34. The number of amides is 1. The molecule has 4 rings (SSSR count). The molecule has 0 aliphatic carbocycles. The van der Waals surface area contributed by atoms with Crippen molar-refractivity contribution in [3.05, 3.63) is 35.3 Å². The maximum absolute atomic E-state index is 12.3. The van der Waals surface area contributed by atoms with Crippen molar-refractivity contribution in [2.24, 2.45) is 0 Å². The van der Waals surface area contributed by atoms with Gasteiger partial charge in [-0.25, -0.2) is 9.67 Å². The van der Waals surface area contributed by atoms with Crippen molar-refractivity contribution in [1.29, 1.82) is 0 Å². The van der Waals surface area contributed by atoms with Crippen LogP contribution in [0.4, 0.5) is 5.13 Å². The highest BCUT2D eigenvalue weighted by molar-refractivity contribution is 7.13. The van der Waals surface area contributed by atoms with Gasteiger partial charge in [0.1, 0.15) is 12.1 Å². The van der Waals surface area contributed by atoms with E-state index in [1.807, 2.05) is 29.6 Å². The molecule has 1 N–H and O–H groups in total. The maximum atomic E-state index is 12.3. The number of ether oxygens (including phenoxy) is 1. The molecule has 0 bridgehead atoms. The number of aromatic nitrogens is 4. The summed E-state index contributed by atoms with van der Waals surface area (Å²) >= 11 is 1.44. The predicted octanol–water partition coefficient (Wildman–Crippen LogP) is 2.14. The van der Waals surface area contributed by atoms with Crippen LogP contribution in [0, 0.1) is 0 Å². The summed E-state index contributed by atoms with van der Waals surface area (Å²) in [6.07, 6.45) is 0.452. The van der Waals surface area contributed by atoms with Crippen molar-refractivity contribution in [2.45, 2.75) is 39.1 Å². The van der Waals surface area contributed by atoms with Crippen LogP contribution in [0.2, 0.25) is 0 Å². The molecule has 3 aromatic rings. The number of morpholine rings is 1. The Labute approximate surface area is 161 Å². The van der Waals surface area contributed by atoms with Gasteiger partial charge in [-0.1, -0.05) is 17.3 Å². The third kappa shape index (κ3) is 4.32. The normalized spacial score (nSPS) is 20.8. The lowest BCUT2D eigenvalue weighted by atomic mass is 10.2. The van der Waals surface area contributed by atoms with Crippen LogP contribution in [0.3, 0.4) is 0 Å². The van der Waals surface area contributed by atoms with E-state index >= 15 is 0 Å². The van der Waals surface area contributed by atoms with E-state index in [9.17, 15) is 4.79 Å². The zero-order valence-electron chi connectivity index (χ0n) is 15.3. The zero-order chi connectivity index (χ0) is 18.8. The number of carbonyl (C=O) groups excluding carboxylic acids is 1. The molecular formula is C18H22N6O2S. The van der Waals surface area contributed by atoms with Crippen LogP contribution in [0.25, 0.3) is 11.0 Å². The van der Waals surface area contributed by atoms with Gasteiger partial charge < -0.3 is 10.1 Å². The van der Waals surface area contributed by atoms with Gasteiger partial charge in [-0.15, -0.1) is 16.4 Å². The lowest BCUT2D eigenvalue weighted by molar-refractivity contribution is -0.116. The Bertz CT molecular complexity index is 929. The fraction of sp³-hybridized carbons (Fsp3) is 0.444. The van der Waals surface area contributed by atoms with Crippen LogP contribution < -0.4 is 5.32 Å². The lowest BCUT2D eigenvalue weighted by Crippen LogP contribution is -2.44. The molecule has 1 saturated heterocycles. The highest BCUT2D eigenvalue weighted by Crippen LogP contribution is 2.19. The van der Waals surface area contributed by atoms with Crippen molar-refractivity contribution < 1.29 is 9.53 Å². The first-order valence-electron chi connectivity index (χ1n) is 8.97. The van der Waals surface area contributed by atoms with Gasteiger partial charge >= 0.3 is 0 Å². The molecule has 142 valence electrons. The summed E-state index contributed by atoms with van der Waals surface area (Å²) in [5.41, 5.74) is 2.57. The monoisotopic (exact) mass is 386 g/mol. The summed E-state index contributed by atoms with van der Waals surface area (Å²) in [6.45, 7) is 6.82. The third-order valence-electron chi connectivity index (χ3n) is 4.39. The average Bonchev–Trinajstić information content (AvgIpc) is 3.21. The van der Waals surface area contributed by atoms with Crippen LogP contribution in [-0.2, 0) is 22.6 Å². The number of hydrogen-bond donors (Lipinski definition) is 1. The van der Waals surface area contributed by atoms with E-state index in [2.05, 4.69) is 39.4 Å². The zero-order valence-corrected chi connectivity index (χ0v) is 16.1. The maximum Gasteiger partial charge on any atom is 0.247 e. The molecule has 0 spiro atoms. The van der Waals surface area contributed by atoms with E-state index in [1.54, 1.807) is 4.68 Å². The molecule has 3 heterocycles. The molecule has 0 radical (unpaired) electrons.